The fourth-order valence-corrected chi connectivity index (χ4v) is 3.90. The van der Waals surface area contributed by atoms with Crippen LogP contribution in [0.1, 0.15) is 52.6 Å². The molecule has 2 heterocycles. The number of alkyl halides is 8. The van der Waals surface area contributed by atoms with E-state index in [2.05, 4.69) is 41.1 Å². The fourth-order valence-electron chi connectivity index (χ4n) is 3.56. The molecule has 204 valence electrons. The number of nitrogens with one attached hydrogen (secondary N) is 1. The summed E-state index contributed by atoms with van der Waals surface area (Å²) < 4.78 is 110. The molecule has 16 heteroatoms. The van der Waals surface area contributed by atoms with Crippen LogP contribution in [-0.2, 0) is 6.18 Å². The number of pyridine rings is 1. The van der Waals surface area contributed by atoms with Crippen molar-refractivity contribution in [2.24, 2.45) is 0 Å². The summed E-state index contributed by atoms with van der Waals surface area (Å²) in [4.78, 5) is 20.9. The van der Waals surface area contributed by atoms with Crippen molar-refractivity contribution in [1.29, 1.82) is 0 Å². The molecule has 0 bridgehead atoms. The predicted molar refractivity (Wildman–Crippen MR) is 118 cm³/mol. The van der Waals surface area contributed by atoms with Gasteiger partial charge in [0.25, 0.3) is 11.8 Å². The van der Waals surface area contributed by atoms with Crippen LogP contribution < -0.4 is 10.1 Å². The molecule has 1 N–H and O–H groups in total. The van der Waals surface area contributed by atoms with Gasteiger partial charge in [-0.2, -0.15) is 31.0 Å². The average Bonchev–Trinajstić information content (AvgIpc) is 3.28. The summed E-state index contributed by atoms with van der Waals surface area (Å²) in [5.74, 6) is -5.58. The van der Waals surface area contributed by atoms with Crippen molar-refractivity contribution < 1.29 is 44.7 Å². The Hall–Kier alpha value is -3.30. The zero-order valence-electron chi connectivity index (χ0n) is 19.0. The second kappa shape index (κ2) is 9.78. The minimum Gasteiger partial charge on any atom is -0.483 e. The number of carbonyl (C=O) groups is 1. The van der Waals surface area contributed by atoms with E-state index in [1.165, 1.54) is 19.1 Å². The summed E-state index contributed by atoms with van der Waals surface area (Å²) in [7, 11) is 0. The van der Waals surface area contributed by atoms with Crippen LogP contribution in [0.2, 0.25) is 0 Å². The van der Waals surface area contributed by atoms with Crippen LogP contribution in [0.3, 0.4) is 0 Å². The van der Waals surface area contributed by atoms with Crippen molar-refractivity contribution in [3.63, 3.8) is 0 Å². The summed E-state index contributed by atoms with van der Waals surface area (Å²) in [6.07, 6.45) is -9.01. The standard InChI is InChI=1S/C22H16BrF8N5O2/c1-10(17-34-19(23)35-36(17)16-3-2-14(8-32-16)38-9-21(26,27)28)33-18(37)12-4-11(15-7-20(15,24)25)5-13(6-12)22(29,30)31/h2-6,8,10,15H,7,9H2,1H3,(H,33,37). The summed E-state index contributed by atoms with van der Waals surface area (Å²) in [6.45, 7) is -0.0813. The quantitative estimate of drug-likeness (QED) is 0.331. The van der Waals surface area contributed by atoms with Gasteiger partial charge in [0.1, 0.15) is 5.75 Å². The highest BCUT2D eigenvalue weighted by Gasteiger charge is 2.58. The number of rotatable bonds is 7. The molecule has 0 saturated heterocycles. The van der Waals surface area contributed by atoms with Crippen LogP contribution in [0.15, 0.2) is 41.3 Å². The Balaban J connectivity index is 1.56. The minimum atomic E-state index is -4.87. The van der Waals surface area contributed by atoms with E-state index < -0.39 is 60.3 Å². The van der Waals surface area contributed by atoms with Gasteiger partial charge in [-0.15, -0.1) is 5.10 Å². The SMILES string of the molecule is CC(NC(=O)c1cc(C2CC2(F)F)cc(C(F)(F)F)c1)c1nc(Br)nn1-c1ccc(OCC(F)(F)F)cn1. The van der Waals surface area contributed by atoms with Crippen LogP contribution in [0, 0.1) is 0 Å². The molecule has 0 aliphatic heterocycles. The molecule has 2 atom stereocenters. The Kier molecular flexibility index (Phi) is 7.14. The van der Waals surface area contributed by atoms with E-state index in [0.717, 1.165) is 16.9 Å². The molecule has 0 spiro atoms. The molecule has 1 fully saturated rings. The highest BCUT2D eigenvalue weighted by Crippen LogP contribution is 2.56. The van der Waals surface area contributed by atoms with E-state index in [-0.39, 0.29) is 27.7 Å². The third-order valence-electron chi connectivity index (χ3n) is 5.45. The lowest BCUT2D eigenvalue weighted by molar-refractivity contribution is -0.153. The lowest BCUT2D eigenvalue weighted by atomic mass is 10.0. The maximum absolute atomic E-state index is 13.5. The van der Waals surface area contributed by atoms with Gasteiger partial charge in [0.2, 0.25) is 4.73 Å². The number of ether oxygens (including phenoxy) is 1. The number of hydrogen-bond acceptors (Lipinski definition) is 5. The van der Waals surface area contributed by atoms with Crippen molar-refractivity contribution in [3.8, 4) is 11.6 Å². The Bertz CT molecular complexity index is 1340. The van der Waals surface area contributed by atoms with Gasteiger partial charge in [-0.3, -0.25) is 4.79 Å². The molecule has 3 aromatic rings. The Morgan fingerprint density at radius 1 is 1.21 bits per heavy atom. The predicted octanol–water partition coefficient (Wildman–Crippen LogP) is 6.00. The number of halogens is 9. The highest BCUT2D eigenvalue weighted by molar-refractivity contribution is 9.10. The van der Waals surface area contributed by atoms with Gasteiger partial charge in [-0.05, 0) is 58.7 Å². The van der Waals surface area contributed by atoms with Gasteiger partial charge < -0.3 is 10.1 Å². The zero-order chi connectivity index (χ0) is 28.0. The second-order valence-electron chi connectivity index (χ2n) is 8.46. The first-order chi connectivity index (χ1) is 17.5. The normalized spacial score (nSPS) is 17.7. The number of nitrogens with zero attached hydrogens (tertiary/aromatic N) is 4. The molecule has 1 amide bonds. The van der Waals surface area contributed by atoms with E-state index >= 15 is 0 Å². The molecule has 2 aromatic heterocycles. The lowest BCUT2D eigenvalue weighted by Gasteiger charge is -2.16. The maximum Gasteiger partial charge on any atom is 0.422 e. The van der Waals surface area contributed by atoms with Gasteiger partial charge in [0.15, 0.2) is 18.2 Å². The monoisotopic (exact) mass is 613 g/mol. The molecule has 1 aromatic carbocycles. The van der Waals surface area contributed by atoms with Crippen LogP contribution in [-0.4, -0.2) is 44.4 Å². The highest BCUT2D eigenvalue weighted by atomic mass is 79.9. The van der Waals surface area contributed by atoms with Gasteiger partial charge in [0.05, 0.1) is 23.7 Å². The van der Waals surface area contributed by atoms with Gasteiger partial charge >= 0.3 is 12.4 Å². The Morgan fingerprint density at radius 3 is 2.45 bits per heavy atom. The van der Waals surface area contributed by atoms with Crippen molar-refractivity contribution >= 4 is 21.8 Å². The van der Waals surface area contributed by atoms with Gasteiger partial charge in [0, 0.05) is 12.0 Å². The van der Waals surface area contributed by atoms with Crippen LogP contribution in [0.5, 0.6) is 5.75 Å². The van der Waals surface area contributed by atoms with E-state index in [1.54, 1.807) is 0 Å². The first-order valence-electron chi connectivity index (χ1n) is 10.7. The number of benzene rings is 1. The topological polar surface area (TPSA) is 81.9 Å². The summed E-state index contributed by atoms with van der Waals surface area (Å²) in [6, 6.07) is 3.66. The molecule has 38 heavy (non-hydrogen) atoms. The van der Waals surface area contributed by atoms with Crippen molar-refractivity contribution in [2.45, 2.75) is 43.6 Å². The molecule has 1 saturated carbocycles. The Labute approximate surface area is 217 Å². The van der Waals surface area contributed by atoms with Crippen molar-refractivity contribution in [2.75, 3.05) is 6.61 Å². The van der Waals surface area contributed by atoms with Crippen LogP contribution in [0.4, 0.5) is 35.1 Å². The molecule has 1 aliphatic carbocycles. The first-order valence-corrected chi connectivity index (χ1v) is 11.5. The number of aromatic nitrogens is 4. The molecule has 2 unspecified atom stereocenters. The maximum atomic E-state index is 13.5. The molecular weight excluding hydrogens is 598 g/mol. The first kappa shape index (κ1) is 27.7. The molecular formula is C22H16BrF8N5O2. The molecule has 1 aliphatic rings. The van der Waals surface area contributed by atoms with Crippen LogP contribution in [0.25, 0.3) is 5.82 Å². The second-order valence-corrected chi connectivity index (χ2v) is 9.17. The summed E-state index contributed by atoms with van der Waals surface area (Å²) in [5.41, 5.74) is -2.01. The van der Waals surface area contributed by atoms with E-state index in [9.17, 15) is 39.9 Å². The summed E-state index contributed by atoms with van der Waals surface area (Å²) >= 11 is 3.07. The average molecular weight is 614 g/mol. The smallest absolute Gasteiger partial charge is 0.422 e. The van der Waals surface area contributed by atoms with Crippen molar-refractivity contribution in [1.82, 2.24) is 25.1 Å². The zero-order valence-corrected chi connectivity index (χ0v) is 20.6. The van der Waals surface area contributed by atoms with Crippen LogP contribution >= 0.6 is 15.9 Å². The number of carbonyl (C=O) groups excluding carboxylic acids is 1. The molecule has 4 rings (SSSR count). The lowest BCUT2D eigenvalue weighted by Crippen LogP contribution is -2.29. The van der Waals surface area contributed by atoms with E-state index in [4.69, 9.17) is 0 Å². The third kappa shape index (κ3) is 6.39. The third-order valence-corrected chi connectivity index (χ3v) is 5.79. The molecule has 0 radical (unpaired) electrons. The van der Waals surface area contributed by atoms with Gasteiger partial charge in [-0.1, -0.05) is 0 Å². The van der Waals surface area contributed by atoms with E-state index in [0.29, 0.717) is 12.1 Å². The molecule has 7 nitrogen and oxygen atoms in total. The largest absolute Gasteiger partial charge is 0.483 e. The fraction of sp³-hybridized carbons (Fsp3) is 0.364. The van der Waals surface area contributed by atoms with Crippen molar-refractivity contribution in [3.05, 3.63) is 63.8 Å². The number of amides is 1. The van der Waals surface area contributed by atoms with E-state index in [1.807, 2.05) is 0 Å². The summed E-state index contributed by atoms with van der Waals surface area (Å²) in [5, 5.41) is 6.52. The number of hydrogen-bond donors (Lipinski definition) is 1. The van der Waals surface area contributed by atoms with Gasteiger partial charge in [-0.25, -0.2) is 18.7 Å². The Morgan fingerprint density at radius 2 is 1.89 bits per heavy atom. The minimum absolute atomic E-state index is 0.0464.